The summed E-state index contributed by atoms with van der Waals surface area (Å²) in [4.78, 5) is 0. The largest absolute Gasteiger partial charge is 0.279 e. The van der Waals surface area contributed by atoms with Gasteiger partial charge >= 0.3 is 0 Å². The van der Waals surface area contributed by atoms with E-state index in [-0.39, 0.29) is 0 Å². The summed E-state index contributed by atoms with van der Waals surface area (Å²) in [7, 11) is 0. The van der Waals surface area contributed by atoms with Crippen LogP contribution in [0.4, 0.5) is 11.5 Å². The SMILES string of the molecule is Cc1nn2c(nnc3c(C)nn(-c4ccccc4)c32)c1N=Nc1n[nH]c(C)c1Br. The van der Waals surface area contributed by atoms with Crippen LogP contribution < -0.4 is 0 Å². The number of azo groups is 1. The van der Waals surface area contributed by atoms with Gasteiger partial charge in [-0.15, -0.1) is 20.4 Å². The zero-order valence-electron chi connectivity index (χ0n) is 15.8. The molecule has 0 aliphatic carbocycles. The van der Waals surface area contributed by atoms with Crippen molar-refractivity contribution in [3.63, 3.8) is 0 Å². The van der Waals surface area contributed by atoms with Gasteiger partial charge < -0.3 is 0 Å². The molecule has 5 aromatic rings. The average Bonchev–Trinajstić information content (AvgIpc) is 3.35. The van der Waals surface area contributed by atoms with Crippen molar-refractivity contribution in [3.05, 3.63) is 51.9 Å². The van der Waals surface area contributed by atoms with Gasteiger partial charge in [0.1, 0.15) is 0 Å². The first-order valence-electron chi connectivity index (χ1n) is 8.83. The zero-order valence-corrected chi connectivity index (χ0v) is 17.4. The zero-order chi connectivity index (χ0) is 20.1. The highest BCUT2D eigenvalue weighted by molar-refractivity contribution is 9.10. The second kappa shape index (κ2) is 6.55. The molecule has 1 aromatic carbocycles. The Kier molecular flexibility index (Phi) is 3.98. The maximum Gasteiger partial charge on any atom is 0.209 e. The molecule has 0 spiro atoms. The second-order valence-corrected chi connectivity index (χ2v) is 7.35. The summed E-state index contributed by atoms with van der Waals surface area (Å²) in [6.07, 6.45) is 0. The van der Waals surface area contributed by atoms with Crippen LogP contribution in [-0.2, 0) is 0 Å². The maximum absolute atomic E-state index is 4.64. The summed E-state index contributed by atoms with van der Waals surface area (Å²) in [5.74, 6) is 0.459. The highest BCUT2D eigenvalue weighted by Gasteiger charge is 2.20. The Balaban J connectivity index is 1.73. The number of aromatic nitrogens is 8. The van der Waals surface area contributed by atoms with Gasteiger partial charge in [-0.25, -0.2) is 4.68 Å². The van der Waals surface area contributed by atoms with Gasteiger partial charge in [-0.2, -0.15) is 19.8 Å². The van der Waals surface area contributed by atoms with E-state index >= 15 is 0 Å². The van der Waals surface area contributed by atoms with E-state index < -0.39 is 0 Å². The quantitative estimate of drug-likeness (QED) is 0.411. The fourth-order valence-electron chi connectivity index (χ4n) is 3.09. The number of para-hydroxylation sites is 1. The van der Waals surface area contributed by atoms with E-state index in [0.29, 0.717) is 28.4 Å². The molecular weight excluding hydrogens is 436 g/mol. The molecule has 0 bridgehead atoms. The molecule has 0 unspecified atom stereocenters. The molecule has 0 radical (unpaired) electrons. The molecule has 1 N–H and O–H groups in total. The Morgan fingerprint density at radius 3 is 2.48 bits per heavy atom. The van der Waals surface area contributed by atoms with Crippen LogP contribution in [0.3, 0.4) is 0 Å². The van der Waals surface area contributed by atoms with Crippen LogP contribution in [0.1, 0.15) is 17.1 Å². The van der Waals surface area contributed by atoms with Gasteiger partial charge in [-0.3, -0.25) is 5.10 Å². The van der Waals surface area contributed by atoms with Crippen LogP contribution in [0, 0.1) is 20.8 Å². The number of H-pyrrole nitrogens is 1. The molecule has 11 heteroatoms. The number of nitrogens with one attached hydrogen (secondary N) is 1. The topological polar surface area (TPSA) is 114 Å². The number of halogens is 1. The van der Waals surface area contributed by atoms with Crippen molar-refractivity contribution in [3.8, 4) is 5.69 Å². The lowest BCUT2D eigenvalue weighted by molar-refractivity contribution is 0.835. The summed E-state index contributed by atoms with van der Waals surface area (Å²) in [6, 6.07) is 9.84. The van der Waals surface area contributed by atoms with E-state index in [1.54, 1.807) is 4.52 Å². The lowest BCUT2D eigenvalue weighted by atomic mass is 10.3. The van der Waals surface area contributed by atoms with Crippen molar-refractivity contribution in [2.75, 3.05) is 0 Å². The number of hydrogen-bond donors (Lipinski definition) is 1. The van der Waals surface area contributed by atoms with Crippen LogP contribution in [0.15, 0.2) is 45.0 Å². The molecule has 0 aliphatic rings. The Bertz CT molecular complexity index is 1390. The predicted octanol–water partition coefficient (Wildman–Crippen LogP) is 4.29. The molecule has 0 aliphatic heterocycles. The van der Waals surface area contributed by atoms with E-state index in [2.05, 4.69) is 56.8 Å². The highest BCUT2D eigenvalue weighted by Crippen LogP contribution is 2.31. The smallest absolute Gasteiger partial charge is 0.209 e. The molecule has 0 atom stereocenters. The molecule has 5 rings (SSSR count). The van der Waals surface area contributed by atoms with Gasteiger partial charge in [-0.05, 0) is 48.8 Å². The van der Waals surface area contributed by atoms with Crippen LogP contribution in [0.2, 0.25) is 0 Å². The molecule has 0 fully saturated rings. The number of fused-ring (bicyclic) bond motifs is 3. The minimum Gasteiger partial charge on any atom is -0.279 e. The molecule has 144 valence electrons. The van der Waals surface area contributed by atoms with Crippen LogP contribution >= 0.6 is 15.9 Å². The minimum absolute atomic E-state index is 0.459. The molecule has 0 saturated carbocycles. The third-order valence-electron chi connectivity index (χ3n) is 4.56. The number of nitrogens with zero attached hydrogens (tertiary/aromatic N) is 9. The first kappa shape index (κ1) is 17.6. The molecule has 29 heavy (non-hydrogen) atoms. The van der Waals surface area contributed by atoms with Crippen LogP contribution in [-0.4, -0.2) is 39.8 Å². The van der Waals surface area contributed by atoms with Gasteiger partial charge in [0, 0.05) is 5.69 Å². The molecule has 4 aromatic heterocycles. The second-order valence-electron chi connectivity index (χ2n) is 6.56. The van der Waals surface area contributed by atoms with Gasteiger partial charge in [0.15, 0.2) is 16.9 Å². The summed E-state index contributed by atoms with van der Waals surface area (Å²) >= 11 is 3.45. The van der Waals surface area contributed by atoms with Crippen LogP contribution in [0.5, 0.6) is 0 Å². The molecule has 0 saturated heterocycles. The summed E-state index contributed by atoms with van der Waals surface area (Å²) in [5.41, 5.74) is 5.66. The first-order valence-corrected chi connectivity index (χ1v) is 9.63. The Labute approximate surface area is 172 Å². The monoisotopic (exact) mass is 450 g/mol. The van der Waals surface area contributed by atoms with E-state index in [0.717, 1.165) is 27.2 Å². The van der Waals surface area contributed by atoms with Gasteiger partial charge in [0.05, 0.1) is 21.5 Å². The van der Waals surface area contributed by atoms with Crippen molar-refractivity contribution in [1.82, 2.24) is 39.8 Å². The van der Waals surface area contributed by atoms with Crippen molar-refractivity contribution in [2.24, 2.45) is 10.2 Å². The summed E-state index contributed by atoms with van der Waals surface area (Å²) in [6.45, 7) is 5.65. The molecular formula is C18H15BrN10. The van der Waals surface area contributed by atoms with Gasteiger partial charge in [0.25, 0.3) is 0 Å². The van der Waals surface area contributed by atoms with Crippen molar-refractivity contribution < 1.29 is 0 Å². The van der Waals surface area contributed by atoms with Crippen molar-refractivity contribution in [2.45, 2.75) is 20.8 Å². The van der Waals surface area contributed by atoms with E-state index in [1.165, 1.54) is 0 Å². The maximum atomic E-state index is 4.64. The van der Waals surface area contributed by atoms with Gasteiger partial charge in [0.2, 0.25) is 11.5 Å². The number of benzene rings is 1. The number of aromatic amines is 1. The Morgan fingerprint density at radius 2 is 1.76 bits per heavy atom. The van der Waals surface area contributed by atoms with Gasteiger partial charge in [-0.1, -0.05) is 18.2 Å². The van der Waals surface area contributed by atoms with E-state index in [9.17, 15) is 0 Å². The fourth-order valence-corrected chi connectivity index (χ4v) is 3.34. The Hall–Kier alpha value is -3.47. The number of rotatable bonds is 3. The predicted molar refractivity (Wildman–Crippen MR) is 110 cm³/mol. The van der Waals surface area contributed by atoms with Crippen molar-refractivity contribution in [1.29, 1.82) is 0 Å². The van der Waals surface area contributed by atoms with E-state index in [1.807, 2.05) is 55.8 Å². The molecule has 10 nitrogen and oxygen atoms in total. The van der Waals surface area contributed by atoms with E-state index in [4.69, 9.17) is 0 Å². The highest BCUT2D eigenvalue weighted by atomic mass is 79.9. The summed E-state index contributed by atoms with van der Waals surface area (Å²) < 4.78 is 4.29. The van der Waals surface area contributed by atoms with Crippen LogP contribution in [0.25, 0.3) is 22.5 Å². The third-order valence-corrected chi connectivity index (χ3v) is 5.51. The Morgan fingerprint density at radius 1 is 0.966 bits per heavy atom. The summed E-state index contributed by atoms with van der Waals surface area (Å²) in [5, 5.41) is 33.6. The lowest BCUT2D eigenvalue weighted by Gasteiger charge is -2.03. The number of aryl methyl sites for hydroxylation is 3. The fraction of sp³-hybridized carbons (Fsp3) is 0.167. The normalized spacial score (nSPS) is 12.0. The number of hydrogen-bond acceptors (Lipinski definition) is 7. The molecule has 0 amide bonds. The lowest BCUT2D eigenvalue weighted by Crippen LogP contribution is -2.03. The minimum atomic E-state index is 0.459. The van der Waals surface area contributed by atoms with Crippen molar-refractivity contribution >= 4 is 44.2 Å². The third kappa shape index (κ3) is 2.73. The average molecular weight is 451 g/mol. The molecule has 4 heterocycles. The first-order chi connectivity index (χ1) is 14.0. The standard InChI is InChI=1S/C18H15BrN10/c1-9-13(19)16(23-20-9)24-21-14-10(2)27-29-17(14)25-22-15-11(3)26-28(18(15)29)12-7-5-4-6-8-12/h4-8H,1-3H3,(H,20,23).